The highest BCUT2D eigenvalue weighted by atomic mass is 19.4. The summed E-state index contributed by atoms with van der Waals surface area (Å²) < 4.78 is 52.1. The molecule has 0 saturated carbocycles. The van der Waals surface area contributed by atoms with Gasteiger partial charge < -0.3 is 24.7 Å². The second kappa shape index (κ2) is 9.75. The molecule has 0 unspecified atom stereocenters. The average molecular weight is 483 g/mol. The van der Waals surface area contributed by atoms with Gasteiger partial charge in [0.25, 0.3) is 0 Å². The predicted octanol–water partition coefficient (Wildman–Crippen LogP) is 5.95. The largest absolute Gasteiger partial charge is 0.496 e. The number of ether oxygens (including phenoxy) is 2. The van der Waals surface area contributed by atoms with Crippen LogP contribution in [0.4, 0.5) is 29.3 Å². The third-order valence-corrected chi connectivity index (χ3v) is 4.79. The van der Waals surface area contributed by atoms with Crippen molar-refractivity contribution in [1.29, 1.82) is 0 Å². The zero-order valence-electron chi connectivity index (χ0n) is 18.6. The average Bonchev–Trinajstić information content (AvgIpc) is 3.25. The predicted molar refractivity (Wildman–Crippen MR) is 124 cm³/mol. The van der Waals surface area contributed by atoms with Crippen LogP contribution in [0.3, 0.4) is 0 Å². The summed E-state index contributed by atoms with van der Waals surface area (Å²) in [6, 6.07) is 12.5. The zero-order valence-corrected chi connectivity index (χ0v) is 18.6. The van der Waals surface area contributed by atoms with Gasteiger partial charge in [0.2, 0.25) is 0 Å². The van der Waals surface area contributed by atoms with Crippen molar-refractivity contribution in [3.8, 4) is 28.6 Å². The molecule has 4 rings (SSSR count). The number of amides is 2. The first-order valence-corrected chi connectivity index (χ1v) is 10.3. The molecule has 0 fully saturated rings. The fourth-order valence-corrected chi connectivity index (χ4v) is 3.23. The Morgan fingerprint density at radius 1 is 0.943 bits per heavy atom. The van der Waals surface area contributed by atoms with Crippen molar-refractivity contribution in [2.24, 2.45) is 7.05 Å². The number of aromatic nitrogens is 3. The van der Waals surface area contributed by atoms with Crippen LogP contribution >= 0.6 is 0 Å². The molecule has 0 aliphatic carbocycles. The van der Waals surface area contributed by atoms with Gasteiger partial charge in [-0.05, 0) is 36.4 Å². The monoisotopic (exact) mass is 483 g/mol. The first-order chi connectivity index (χ1) is 16.7. The van der Waals surface area contributed by atoms with Crippen LogP contribution in [-0.4, -0.2) is 27.7 Å². The zero-order chi connectivity index (χ0) is 25.0. The molecule has 2 aromatic heterocycles. The van der Waals surface area contributed by atoms with Crippen LogP contribution < -0.4 is 20.1 Å². The van der Waals surface area contributed by atoms with Gasteiger partial charge in [-0.15, -0.1) is 0 Å². The molecular formula is C24H20F3N5O3. The number of alkyl halides is 3. The van der Waals surface area contributed by atoms with Crippen LogP contribution in [0.5, 0.6) is 17.2 Å². The molecule has 2 aromatic carbocycles. The number of nitrogens with zero attached hydrogens (tertiary/aromatic N) is 3. The number of methoxy groups -OCH3 is 1. The molecule has 180 valence electrons. The minimum Gasteiger partial charge on any atom is -0.496 e. The van der Waals surface area contributed by atoms with E-state index in [9.17, 15) is 18.0 Å². The van der Waals surface area contributed by atoms with Gasteiger partial charge in [-0.2, -0.15) is 13.2 Å². The van der Waals surface area contributed by atoms with Crippen molar-refractivity contribution >= 4 is 17.4 Å². The number of urea groups is 1. The van der Waals surface area contributed by atoms with Gasteiger partial charge in [-0.3, -0.25) is 4.98 Å². The molecule has 8 nitrogen and oxygen atoms in total. The molecule has 0 spiro atoms. The Balaban J connectivity index is 1.44. The van der Waals surface area contributed by atoms with E-state index >= 15 is 0 Å². The van der Waals surface area contributed by atoms with E-state index in [1.807, 2.05) is 13.2 Å². The van der Waals surface area contributed by atoms with Gasteiger partial charge in [-0.25, -0.2) is 9.78 Å². The van der Waals surface area contributed by atoms with Gasteiger partial charge in [0.1, 0.15) is 22.9 Å². The number of carbonyl (C=O) groups excluding carboxylic acids is 1. The normalized spacial score (nSPS) is 11.1. The number of imidazole rings is 1. The van der Waals surface area contributed by atoms with Gasteiger partial charge >= 0.3 is 12.2 Å². The summed E-state index contributed by atoms with van der Waals surface area (Å²) >= 11 is 0. The molecule has 0 bridgehead atoms. The molecule has 35 heavy (non-hydrogen) atoms. The highest BCUT2D eigenvalue weighted by Crippen LogP contribution is 2.37. The summed E-state index contributed by atoms with van der Waals surface area (Å²) in [5, 5.41) is 4.96. The van der Waals surface area contributed by atoms with Crippen molar-refractivity contribution in [2.45, 2.75) is 6.18 Å². The number of hydrogen-bond donors (Lipinski definition) is 2. The van der Waals surface area contributed by atoms with E-state index in [2.05, 4.69) is 20.6 Å². The molecule has 11 heteroatoms. The van der Waals surface area contributed by atoms with Crippen LogP contribution in [0.15, 0.2) is 73.3 Å². The number of pyridine rings is 1. The van der Waals surface area contributed by atoms with Gasteiger partial charge in [0.15, 0.2) is 0 Å². The Labute approximate surface area is 198 Å². The van der Waals surface area contributed by atoms with Gasteiger partial charge in [0.05, 0.1) is 24.7 Å². The molecular weight excluding hydrogens is 463 g/mol. The van der Waals surface area contributed by atoms with Crippen molar-refractivity contribution in [3.63, 3.8) is 0 Å². The van der Waals surface area contributed by atoms with Crippen molar-refractivity contribution < 1.29 is 27.4 Å². The lowest BCUT2D eigenvalue weighted by Crippen LogP contribution is -2.20. The lowest BCUT2D eigenvalue weighted by Gasteiger charge is -2.14. The molecule has 0 aliphatic heterocycles. The lowest BCUT2D eigenvalue weighted by molar-refractivity contribution is -0.138. The molecule has 2 amide bonds. The van der Waals surface area contributed by atoms with E-state index in [1.165, 1.54) is 6.07 Å². The Kier molecular flexibility index (Phi) is 6.58. The van der Waals surface area contributed by atoms with Crippen LogP contribution in [0.1, 0.15) is 5.56 Å². The Morgan fingerprint density at radius 2 is 1.69 bits per heavy atom. The highest BCUT2D eigenvalue weighted by Gasteiger charge is 2.34. The fraction of sp³-hybridized carbons (Fsp3) is 0.125. The minimum atomic E-state index is -4.63. The number of nitrogens with one attached hydrogen (secondary N) is 2. The standard InChI is InChI=1S/C24H20F3N5O3/c1-32-13-21(29-14-32)20-12-18(8-9-28-20)35-17-5-3-4-15(10-17)30-23(33)31-16-6-7-22(34-2)19(11-16)24(25,26)27/h3-14H,1-2H3,(H2,30,31,33). The maximum absolute atomic E-state index is 13.2. The molecule has 0 atom stereocenters. The number of hydrogen-bond acceptors (Lipinski definition) is 5. The van der Waals surface area contributed by atoms with Crippen molar-refractivity contribution in [3.05, 3.63) is 78.9 Å². The molecule has 4 aromatic rings. The third kappa shape index (κ3) is 5.88. The summed E-state index contributed by atoms with van der Waals surface area (Å²) in [6.45, 7) is 0. The quantitative estimate of drug-likeness (QED) is 0.354. The van der Waals surface area contributed by atoms with Crippen LogP contribution in [0.25, 0.3) is 11.4 Å². The number of anilines is 2. The third-order valence-electron chi connectivity index (χ3n) is 4.79. The number of halogens is 3. The Bertz CT molecular complexity index is 1350. The van der Waals surface area contributed by atoms with Crippen LogP contribution in [0.2, 0.25) is 0 Å². The fourth-order valence-electron chi connectivity index (χ4n) is 3.23. The maximum atomic E-state index is 13.2. The SMILES string of the molecule is COc1ccc(NC(=O)Nc2cccc(Oc3ccnc(-c4cn(C)cn4)c3)c2)cc1C(F)(F)F. The topological polar surface area (TPSA) is 90.3 Å². The summed E-state index contributed by atoms with van der Waals surface area (Å²) in [7, 11) is 3.00. The number of carbonyl (C=O) groups is 1. The number of benzene rings is 2. The van der Waals surface area contributed by atoms with E-state index in [0.29, 0.717) is 28.6 Å². The van der Waals surface area contributed by atoms with Gasteiger partial charge in [0, 0.05) is 42.9 Å². The molecule has 0 radical (unpaired) electrons. The van der Waals surface area contributed by atoms with Crippen LogP contribution in [0, 0.1) is 0 Å². The van der Waals surface area contributed by atoms with Crippen molar-refractivity contribution in [1.82, 2.24) is 14.5 Å². The summed E-state index contributed by atoms with van der Waals surface area (Å²) in [6.07, 6.45) is 0.462. The lowest BCUT2D eigenvalue weighted by atomic mass is 10.1. The highest BCUT2D eigenvalue weighted by molar-refractivity contribution is 6.00. The second-order valence-corrected chi connectivity index (χ2v) is 7.42. The van der Waals surface area contributed by atoms with Gasteiger partial charge in [-0.1, -0.05) is 6.07 Å². The summed E-state index contributed by atoms with van der Waals surface area (Å²) in [4.78, 5) is 20.9. The van der Waals surface area contributed by atoms with E-state index in [1.54, 1.807) is 53.5 Å². The Hall–Kier alpha value is -4.54. The van der Waals surface area contributed by atoms with E-state index in [4.69, 9.17) is 9.47 Å². The van der Waals surface area contributed by atoms with E-state index in [0.717, 1.165) is 19.2 Å². The minimum absolute atomic E-state index is 0.0399. The molecule has 0 aliphatic rings. The first kappa shape index (κ1) is 23.6. The summed E-state index contributed by atoms with van der Waals surface area (Å²) in [5.74, 6) is 0.612. The van der Waals surface area contributed by atoms with Crippen molar-refractivity contribution in [2.75, 3.05) is 17.7 Å². The maximum Gasteiger partial charge on any atom is 0.420 e. The Morgan fingerprint density at radius 3 is 2.37 bits per heavy atom. The molecule has 0 saturated heterocycles. The molecule has 2 N–H and O–H groups in total. The smallest absolute Gasteiger partial charge is 0.420 e. The second-order valence-electron chi connectivity index (χ2n) is 7.42. The number of aryl methyl sites for hydroxylation is 1. The van der Waals surface area contributed by atoms with Crippen LogP contribution in [-0.2, 0) is 13.2 Å². The van der Waals surface area contributed by atoms with E-state index < -0.39 is 17.8 Å². The number of rotatable bonds is 6. The van der Waals surface area contributed by atoms with E-state index in [-0.39, 0.29) is 11.4 Å². The first-order valence-electron chi connectivity index (χ1n) is 10.3. The molecule has 2 heterocycles. The summed E-state index contributed by atoms with van der Waals surface area (Å²) in [5.41, 5.74) is 0.674.